The van der Waals surface area contributed by atoms with Crippen molar-refractivity contribution >= 4 is 17.6 Å². The predicted molar refractivity (Wildman–Crippen MR) is 45.0 cm³/mol. The van der Waals surface area contributed by atoms with Crippen molar-refractivity contribution in [2.75, 3.05) is 0 Å². The Morgan fingerprint density at radius 1 is 1.67 bits per heavy atom. The van der Waals surface area contributed by atoms with E-state index in [0.29, 0.717) is 0 Å². The van der Waals surface area contributed by atoms with Gasteiger partial charge in [-0.3, -0.25) is 24.4 Å². The van der Waals surface area contributed by atoms with Crippen LogP contribution in [0.15, 0.2) is 6.20 Å². The molecule has 0 aromatic carbocycles. The number of hydrogen-bond donors (Lipinski definition) is 2. The van der Waals surface area contributed by atoms with Gasteiger partial charge in [-0.15, -0.1) is 0 Å². The van der Waals surface area contributed by atoms with E-state index in [1.54, 1.807) is 0 Å². The highest BCUT2D eigenvalue weighted by Crippen LogP contribution is 2.15. The van der Waals surface area contributed by atoms with Gasteiger partial charge < -0.3 is 10.8 Å². The second kappa shape index (κ2) is 3.74. The molecule has 0 aliphatic rings. The van der Waals surface area contributed by atoms with E-state index >= 15 is 0 Å². The number of amides is 1. The molecule has 1 aromatic heterocycles. The highest BCUT2D eigenvalue weighted by Gasteiger charge is 2.24. The molecule has 1 aromatic rings. The van der Waals surface area contributed by atoms with E-state index in [1.807, 2.05) is 0 Å². The van der Waals surface area contributed by atoms with E-state index in [0.717, 1.165) is 10.9 Å². The van der Waals surface area contributed by atoms with Gasteiger partial charge in [0.05, 0.1) is 4.92 Å². The summed E-state index contributed by atoms with van der Waals surface area (Å²) in [5.74, 6) is -2.31. The van der Waals surface area contributed by atoms with Crippen LogP contribution in [0.5, 0.6) is 0 Å². The maximum Gasteiger partial charge on any atom is 0.325 e. The van der Waals surface area contributed by atoms with Crippen molar-refractivity contribution in [3.8, 4) is 0 Å². The van der Waals surface area contributed by atoms with Crippen LogP contribution in [-0.4, -0.2) is 31.7 Å². The first-order chi connectivity index (χ1) is 6.91. The normalized spacial score (nSPS) is 9.87. The Kier molecular flexibility index (Phi) is 2.65. The van der Waals surface area contributed by atoms with Crippen LogP contribution in [-0.2, 0) is 11.3 Å². The van der Waals surface area contributed by atoms with Crippen molar-refractivity contribution in [1.82, 2.24) is 9.78 Å². The van der Waals surface area contributed by atoms with Crippen molar-refractivity contribution in [2.45, 2.75) is 6.54 Å². The fourth-order valence-electron chi connectivity index (χ4n) is 0.940. The fourth-order valence-corrected chi connectivity index (χ4v) is 0.940. The minimum atomic E-state index is -1.23. The molecule has 9 nitrogen and oxygen atoms in total. The molecule has 1 rings (SSSR count). The third-order valence-electron chi connectivity index (χ3n) is 1.47. The van der Waals surface area contributed by atoms with Gasteiger partial charge in [-0.25, -0.2) is 0 Å². The van der Waals surface area contributed by atoms with Crippen LogP contribution in [0.1, 0.15) is 10.5 Å². The molecule has 0 aliphatic heterocycles. The first-order valence-corrected chi connectivity index (χ1v) is 3.65. The Morgan fingerprint density at radius 2 is 2.27 bits per heavy atom. The Hall–Kier alpha value is -2.45. The van der Waals surface area contributed by atoms with Gasteiger partial charge in [-0.1, -0.05) is 0 Å². The van der Waals surface area contributed by atoms with Crippen molar-refractivity contribution < 1.29 is 19.6 Å². The summed E-state index contributed by atoms with van der Waals surface area (Å²) in [5.41, 5.74) is 3.67. The number of nitro groups is 1. The number of rotatable bonds is 4. The quantitative estimate of drug-likeness (QED) is 0.485. The number of carbonyl (C=O) groups is 2. The van der Waals surface area contributed by atoms with Crippen LogP contribution in [0.25, 0.3) is 0 Å². The lowest BCUT2D eigenvalue weighted by atomic mass is 10.4. The number of carbonyl (C=O) groups excluding carboxylic acids is 1. The lowest BCUT2D eigenvalue weighted by molar-refractivity contribution is -0.385. The summed E-state index contributed by atoms with van der Waals surface area (Å²) in [7, 11) is 0. The first kappa shape index (κ1) is 10.6. The van der Waals surface area contributed by atoms with Gasteiger partial charge in [0.25, 0.3) is 5.91 Å². The van der Waals surface area contributed by atoms with Gasteiger partial charge >= 0.3 is 11.7 Å². The minimum Gasteiger partial charge on any atom is -0.480 e. The Labute approximate surface area is 82.2 Å². The molecule has 9 heteroatoms. The summed E-state index contributed by atoms with van der Waals surface area (Å²) < 4.78 is 0.764. The Bertz CT molecular complexity index is 405. The van der Waals surface area contributed by atoms with E-state index in [1.165, 1.54) is 0 Å². The lowest BCUT2D eigenvalue weighted by Gasteiger charge is -1.91. The highest BCUT2D eigenvalue weighted by molar-refractivity contribution is 5.94. The third-order valence-corrected chi connectivity index (χ3v) is 1.47. The van der Waals surface area contributed by atoms with E-state index < -0.39 is 34.7 Å². The van der Waals surface area contributed by atoms with Crippen molar-refractivity contribution in [2.24, 2.45) is 5.73 Å². The Balaban J connectivity index is 3.15. The Morgan fingerprint density at radius 3 is 2.60 bits per heavy atom. The molecule has 0 atom stereocenters. The molecule has 0 fully saturated rings. The monoisotopic (exact) mass is 214 g/mol. The second-order valence-corrected chi connectivity index (χ2v) is 2.58. The van der Waals surface area contributed by atoms with E-state index in [2.05, 4.69) is 5.10 Å². The molecule has 0 saturated carbocycles. The number of carboxylic acid groups (broad SMARTS) is 1. The maximum absolute atomic E-state index is 10.7. The minimum absolute atomic E-state index is 0.554. The molecular formula is C6H6N4O5. The smallest absolute Gasteiger partial charge is 0.325 e. The summed E-state index contributed by atoms with van der Waals surface area (Å²) in [5, 5.41) is 22.2. The number of nitrogens with zero attached hydrogens (tertiary/aromatic N) is 3. The van der Waals surface area contributed by atoms with Gasteiger partial charge in [-0.2, -0.15) is 5.10 Å². The average Bonchev–Trinajstić information content (AvgIpc) is 2.46. The van der Waals surface area contributed by atoms with Gasteiger partial charge in [-0.05, 0) is 0 Å². The zero-order valence-electron chi connectivity index (χ0n) is 7.28. The average molecular weight is 214 g/mol. The summed E-state index contributed by atoms with van der Waals surface area (Å²) in [6, 6.07) is 0. The predicted octanol–water partition coefficient (Wildman–Crippen LogP) is -1.03. The largest absolute Gasteiger partial charge is 0.480 e. The van der Waals surface area contributed by atoms with Gasteiger partial charge in [0, 0.05) is 0 Å². The molecule has 0 saturated heterocycles. The number of hydrogen-bond acceptors (Lipinski definition) is 5. The SMILES string of the molecule is NC(=O)c1nn(CC(=O)O)cc1[N+](=O)[O-]. The second-order valence-electron chi connectivity index (χ2n) is 2.58. The van der Waals surface area contributed by atoms with Gasteiger partial charge in [0.15, 0.2) is 0 Å². The molecule has 0 spiro atoms. The molecule has 0 radical (unpaired) electrons. The molecule has 0 unspecified atom stereocenters. The number of aliphatic carboxylic acids is 1. The molecule has 3 N–H and O–H groups in total. The molecule has 0 bridgehead atoms. The fraction of sp³-hybridized carbons (Fsp3) is 0.167. The first-order valence-electron chi connectivity index (χ1n) is 3.65. The number of primary amides is 1. The highest BCUT2D eigenvalue weighted by atomic mass is 16.6. The summed E-state index contributed by atoms with van der Waals surface area (Å²) in [6.07, 6.45) is 0.841. The number of aromatic nitrogens is 2. The molecule has 1 heterocycles. The van der Waals surface area contributed by atoms with E-state index in [9.17, 15) is 19.7 Å². The topological polar surface area (TPSA) is 141 Å². The van der Waals surface area contributed by atoms with Crippen LogP contribution >= 0.6 is 0 Å². The number of carboxylic acids is 1. The van der Waals surface area contributed by atoms with Gasteiger partial charge in [0.1, 0.15) is 12.7 Å². The standard InChI is InChI=1S/C6H6N4O5/c7-6(13)5-3(10(14)15)1-9(8-5)2-4(11)12/h1H,2H2,(H2,7,13)(H,11,12). The van der Waals surface area contributed by atoms with Crippen LogP contribution < -0.4 is 5.73 Å². The van der Waals surface area contributed by atoms with Crippen LogP contribution in [0.3, 0.4) is 0 Å². The van der Waals surface area contributed by atoms with Crippen LogP contribution in [0, 0.1) is 10.1 Å². The maximum atomic E-state index is 10.7. The summed E-state index contributed by atoms with van der Waals surface area (Å²) in [6.45, 7) is -0.575. The summed E-state index contributed by atoms with van der Waals surface area (Å²) in [4.78, 5) is 30.6. The zero-order chi connectivity index (χ0) is 11.6. The van der Waals surface area contributed by atoms with E-state index in [4.69, 9.17) is 10.8 Å². The summed E-state index contributed by atoms with van der Waals surface area (Å²) >= 11 is 0. The number of nitrogens with two attached hydrogens (primary N) is 1. The van der Waals surface area contributed by atoms with Crippen molar-refractivity contribution in [1.29, 1.82) is 0 Å². The lowest BCUT2D eigenvalue weighted by Crippen LogP contribution is -2.15. The van der Waals surface area contributed by atoms with Crippen LogP contribution in [0.4, 0.5) is 5.69 Å². The molecule has 0 aliphatic carbocycles. The molecule has 1 amide bonds. The van der Waals surface area contributed by atoms with Gasteiger partial charge in [0.2, 0.25) is 5.69 Å². The molecular weight excluding hydrogens is 208 g/mol. The zero-order valence-corrected chi connectivity index (χ0v) is 7.28. The van der Waals surface area contributed by atoms with Crippen LogP contribution in [0.2, 0.25) is 0 Å². The van der Waals surface area contributed by atoms with E-state index in [-0.39, 0.29) is 0 Å². The third kappa shape index (κ3) is 2.27. The molecule has 15 heavy (non-hydrogen) atoms. The van der Waals surface area contributed by atoms with Crippen molar-refractivity contribution in [3.05, 3.63) is 22.0 Å². The molecule has 80 valence electrons. The van der Waals surface area contributed by atoms with Crippen molar-refractivity contribution in [3.63, 3.8) is 0 Å².